The zero-order valence-electron chi connectivity index (χ0n) is 28.4. The van der Waals surface area contributed by atoms with Gasteiger partial charge in [0.15, 0.2) is 11.5 Å². The molecule has 0 spiro atoms. The van der Waals surface area contributed by atoms with Crippen LogP contribution in [0.2, 0.25) is 0 Å². The van der Waals surface area contributed by atoms with E-state index in [4.69, 9.17) is 18.9 Å². The molecule has 0 fully saturated rings. The summed E-state index contributed by atoms with van der Waals surface area (Å²) in [6.07, 6.45) is 4.80. The minimum absolute atomic E-state index is 0.138. The predicted octanol–water partition coefficient (Wildman–Crippen LogP) is 5.02. The molecule has 4 atom stereocenters. The maximum Gasteiger partial charge on any atom is 0.321 e. The van der Waals surface area contributed by atoms with Crippen molar-refractivity contribution in [3.05, 3.63) is 72.1 Å². The van der Waals surface area contributed by atoms with E-state index in [-0.39, 0.29) is 61.9 Å². The molecular weight excluding hydrogens is 630 g/mol. The van der Waals surface area contributed by atoms with Crippen LogP contribution < -0.4 is 24.8 Å². The molecule has 1 aromatic heterocycles. The van der Waals surface area contributed by atoms with Gasteiger partial charge in [0, 0.05) is 68.1 Å². The highest BCUT2D eigenvalue weighted by atomic mass is 16.7. The monoisotopic (exact) mass is 675 g/mol. The third-order valence-corrected chi connectivity index (χ3v) is 8.68. The van der Waals surface area contributed by atoms with E-state index in [2.05, 4.69) is 15.6 Å². The molecule has 0 radical (unpaired) electrons. The van der Waals surface area contributed by atoms with Gasteiger partial charge in [0.25, 0.3) is 11.8 Å². The van der Waals surface area contributed by atoms with E-state index >= 15 is 0 Å². The summed E-state index contributed by atoms with van der Waals surface area (Å²) in [5, 5.41) is 16.0. The van der Waals surface area contributed by atoms with Gasteiger partial charge in [-0.2, -0.15) is 0 Å². The van der Waals surface area contributed by atoms with Gasteiger partial charge in [-0.3, -0.25) is 14.6 Å². The SMILES string of the molecule is C[C@@H]1CCCCO[C@H](CN(C)C(=O)Nc2ccc3c(c2)OCO3)[C@H](C)CN([C@@H](C)CO)C(=O)c2cc(NC(=O)c3ccncc3)ccc2O1. The number of amides is 4. The average molecular weight is 676 g/mol. The Morgan fingerprint density at radius 3 is 2.47 bits per heavy atom. The summed E-state index contributed by atoms with van der Waals surface area (Å²) < 4.78 is 23.5. The van der Waals surface area contributed by atoms with Gasteiger partial charge in [-0.15, -0.1) is 0 Å². The largest absolute Gasteiger partial charge is 0.490 e. The Bertz CT molecular complexity index is 1610. The lowest BCUT2D eigenvalue weighted by Crippen LogP contribution is -2.48. The van der Waals surface area contributed by atoms with E-state index in [1.807, 2.05) is 13.8 Å². The Kier molecular flexibility index (Phi) is 11.9. The Morgan fingerprint density at radius 2 is 1.71 bits per heavy atom. The summed E-state index contributed by atoms with van der Waals surface area (Å²) >= 11 is 0. The number of hydrogen-bond donors (Lipinski definition) is 3. The fraction of sp³-hybridized carbons (Fsp3) is 0.444. The molecule has 49 heavy (non-hydrogen) atoms. The summed E-state index contributed by atoms with van der Waals surface area (Å²) in [4.78, 5) is 47.6. The number of carbonyl (C=O) groups is 3. The van der Waals surface area contributed by atoms with E-state index in [9.17, 15) is 19.5 Å². The molecule has 3 heterocycles. The second kappa shape index (κ2) is 16.5. The van der Waals surface area contributed by atoms with E-state index < -0.39 is 12.1 Å². The standard InChI is InChI=1S/C36H45N5O8/c1-23-19-41(24(2)21-42)35(44)29-17-27(38-34(43)26-12-14-37-15-13-26)8-10-30(29)49-25(3)7-5-6-16-46-33(23)20-40(4)36(45)39-28-9-11-31-32(18-28)48-22-47-31/h8-15,17-18,23-25,33,42H,5-7,16,19-22H2,1-4H3,(H,38,43)(H,39,45)/t23-,24+,25-,33-/m1/s1. The highest BCUT2D eigenvalue weighted by Gasteiger charge is 2.31. The van der Waals surface area contributed by atoms with Crippen LogP contribution in [-0.2, 0) is 4.74 Å². The Balaban J connectivity index is 1.36. The first-order chi connectivity index (χ1) is 23.6. The van der Waals surface area contributed by atoms with Gasteiger partial charge < -0.3 is 44.5 Å². The molecule has 0 saturated carbocycles. The van der Waals surface area contributed by atoms with Crippen molar-refractivity contribution in [3.8, 4) is 17.2 Å². The highest BCUT2D eigenvalue weighted by Crippen LogP contribution is 2.34. The van der Waals surface area contributed by atoms with Crippen LogP contribution in [0.5, 0.6) is 17.2 Å². The van der Waals surface area contributed by atoms with Crippen LogP contribution in [0, 0.1) is 5.92 Å². The number of anilines is 2. The Labute approximate surface area is 286 Å². The number of likely N-dealkylation sites (N-methyl/N-ethyl adjacent to an activating group) is 1. The Morgan fingerprint density at radius 1 is 1.00 bits per heavy atom. The summed E-state index contributed by atoms with van der Waals surface area (Å²) in [5.74, 6) is 0.646. The smallest absolute Gasteiger partial charge is 0.321 e. The van der Waals surface area contributed by atoms with Crippen molar-refractivity contribution in [2.45, 2.75) is 58.3 Å². The summed E-state index contributed by atoms with van der Waals surface area (Å²) in [5.41, 5.74) is 1.69. The number of rotatable bonds is 7. The maximum atomic E-state index is 14.4. The second-order valence-corrected chi connectivity index (χ2v) is 12.6. The topological polar surface area (TPSA) is 152 Å². The van der Waals surface area contributed by atoms with Crippen molar-refractivity contribution in [1.29, 1.82) is 0 Å². The number of pyridine rings is 1. The predicted molar refractivity (Wildman–Crippen MR) is 183 cm³/mol. The van der Waals surface area contributed by atoms with Gasteiger partial charge in [0.05, 0.1) is 30.4 Å². The van der Waals surface area contributed by atoms with Gasteiger partial charge in [0.1, 0.15) is 5.75 Å². The first-order valence-corrected chi connectivity index (χ1v) is 16.6. The molecule has 0 unspecified atom stereocenters. The molecule has 2 aliphatic heterocycles. The molecule has 0 aliphatic carbocycles. The number of urea groups is 1. The van der Waals surface area contributed by atoms with Crippen LogP contribution in [0.4, 0.5) is 16.2 Å². The summed E-state index contributed by atoms with van der Waals surface area (Å²) in [7, 11) is 1.69. The summed E-state index contributed by atoms with van der Waals surface area (Å²) in [6, 6.07) is 12.6. The van der Waals surface area contributed by atoms with Crippen molar-refractivity contribution in [2.24, 2.45) is 5.92 Å². The fourth-order valence-corrected chi connectivity index (χ4v) is 5.72. The third-order valence-electron chi connectivity index (χ3n) is 8.68. The van der Waals surface area contributed by atoms with Crippen LogP contribution in [0.25, 0.3) is 0 Å². The molecule has 13 nitrogen and oxygen atoms in total. The minimum Gasteiger partial charge on any atom is -0.490 e. The molecule has 3 aromatic rings. The van der Waals surface area contributed by atoms with Crippen LogP contribution in [0.15, 0.2) is 60.9 Å². The molecule has 13 heteroatoms. The van der Waals surface area contributed by atoms with E-state index in [1.54, 1.807) is 72.3 Å². The number of nitrogens with zero attached hydrogens (tertiary/aromatic N) is 3. The lowest BCUT2D eigenvalue weighted by atomic mass is 10.0. The van der Waals surface area contributed by atoms with Crippen molar-refractivity contribution < 1.29 is 38.4 Å². The van der Waals surface area contributed by atoms with E-state index in [1.165, 1.54) is 12.4 Å². The first kappa shape index (κ1) is 35.4. The normalized spacial score (nSPS) is 20.3. The van der Waals surface area contributed by atoms with Crippen LogP contribution in [0.1, 0.15) is 60.7 Å². The molecule has 4 amide bonds. The van der Waals surface area contributed by atoms with Crippen molar-refractivity contribution in [2.75, 3.05) is 50.8 Å². The zero-order valence-corrected chi connectivity index (χ0v) is 28.4. The number of aliphatic hydroxyl groups is 1. The fourth-order valence-electron chi connectivity index (χ4n) is 5.72. The first-order valence-electron chi connectivity index (χ1n) is 16.6. The van der Waals surface area contributed by atoms with Gasteiger partial charge in [0.2, 0.25) is 6.79 Å². The Hall–Kier alpha value is -4.88. The molecule has 0 bridgehead atoms. The quantitative estimate of drug-likeness (QED) is 0.314. The van der Waals surface area contributed by atoms with Gasteiger partial charge >= 0.3 is 6.03 Å². The van der Waals surface area contributed by atoms with Crippen molar-refractivity contribution >= 4 is 29.2 Å². The number of fused-ring (bicyclic) bond motifs is 2. The lowest BCUT2D eigenvalue weighted by molar-refractivity contribution is -0.0115. The number of carbonyl (C=O) groups excluding carboxylic acids is 3. The molecule has 0 saturated heterocycles. The lowest BCUT2D eigenvalue weighted by Gasteiger charge is -2.35. The molecular formula is C36H45N5O8. The van der Waals surface area contributed by atoms with Gasteiger partial charge in [-0.1, -0.05) is 6.92 Å². The van der Waals surface area contributed by atoms with Crippen LogP contribution >= 0.6 is 0 Å². The number of hydrogen-bond acceptors (Lipinski definition) is 9. The maximum absolute atomic E-state index is 14.4. The van der Waals surface area contributed by atoms with Crippen LogP contribution in [0.3, 0.4) is 0 Å². The number of benzene rings is 2. The van der Waals surface area contributed by atoms with Crippen molar-refractivity contribution in [1.82, 2.24) is 14.8 Å². The second-order valence-electron chi connectivity index (χ2n) is 12.6. The zero-order chi connectivity index (χ0) is 34.9. The number of ether oxygens (including phenoxy) is 4. The summed E-state index contributed by atoms with van der Waals surface area (Å²) in [6.45, 7) is 6.52. The molecule has 2 aliphatic rings. The third kappa shape index (κ3) is 9.18. The van der Waals surface area contributed by atoms with Gasteiger partial charge in [-0.25, -0.2) is 4.79 Å². The van der Waals surface area contributed by atoms with E-state index in [0.717, 1.165) is 19.3 Å². The van der Waals surface area contributed by atoms with Gasteiger partial charge in [-0.05, 0) is 75.6 Å². The highest BCUT2D eigenvalue weighted by molar-refractivity contribution is 6.05. The molecule has 3 N–H and O–H groups in total. The number of aromatic nitrogens is 1. The number of nitrogens with one attached hydrogen (secondary N) is 2. The minimum atomic E-state index is -0.545. The number of aliphatic hydroxyl groups excluding tert-OH is 1. The molecule has 5 rings (SSSR count). The van der Waals surface area contributed by atoms with Crippen LogP contribution in [-0.4, -0.2) is 96.1 Å². The van der Waals surface area contributed by atoms with E-state index in [0.29, 0.717) is 40.8 Å². The molecule has 2 aromatic carbocycles. The molecule has 262 valence electrons. The van der Waals surface area contributed by atoms with Crippen molar-refractivity contribution in [3.63, 3.8) is 0 Å². The average Bonchev–Trinajstić information content (AvgIpc) is 3.58.